The van der Waals surface area contributed by atoms with Gasteiger partial charge in [0.2, 0.25) is 5.91 Å². The highest BCUT2D eigenvalue weighted by Crippen LogP contribution is 2.18. The highest BCUT2D eigenvalue weighted by atomic mass is 19.1. The molecule has 1 heterocycles. The number of ether oxygens (including phenoxy) is 1. The molecule has 0 spiro atoms. The molecule has 1 aromatic rings. The van der Waals surface area contributed by atoms with E-state index >= 15 is 0 Å². The van der Waals surface area contributed by atoms with Crippen LogP contribution in [0.4, 0.5) is 9.18 Å². The molecule has 6 heteroatoms. The lowest BCUT2D eigenvalue weighted by atomic mass is 10.0. The molecule has 1 fully saturated rings. The molecule has 120 valence electrons. The van der Waals surface area contributed by atoms with E-state index < -0.39 is 5.54 Å². The molecule has 0 saturated carbocycles. The third kappa shape index (κ3) is 4.19. The van der Waals surface area contributed by atoms with Gasteiger partial charge in [-0.2, -0.15) is 0 Å². The summed E-state index contributed by atoms with van der Waals surface area (Å²) in [5, 5.41) is 2.84. The standard InChI is InChI=1S/C16H21FN2O3/c1-16(2,19-9-10-22-15(19)21)11-18-14(20)8-5-12-3-6-13(17)7-4-12/h3-4,6-7H,5,8-11H2,1-2H3,(H,18,20). The highest BCUT2D eigenvalue weighted by Gasteiger charge is 2.35. The monoisotopic (exact) mass is 308 g/mol. The van der Waals surface area contributed by atoms with Crippen molar-refractivity contribution in [1.29, 1.82) is 0 Å². The first-order valence-corrected chi connectivity index (χ1v) is 7.34. The minimum atomic E-state index is -0.487. The smallest absolute Gasteiger partial charge is 0.410 e. The van der Waals surface area contributed by atoms with Crippen LogP contribution in [0.25, 0.3) is 0 Å². The average Bonchev–Trinajstić information content (AvgIpc) is 2.92. The number of carbonyl (C=O) groups excluding carboxylic acids is 2. The first-order valence-electron chi connectivity index (χ1n) is 7.34. The van der Waals surface area contributed by atoms with Gasteiger partial charge in [0.25, 0.3) is 0 Å². The Labute approximate surface area is 129 Å². The van der Waals surface area contributed by atoms with Crippen molar-refractivity contribution in [2.45, 2.75) is 32.2 Å². The molecule has 22 heavy (non-hydrogen) atoms. The molecule has 0 aliphatic carbocycles. The lowest BCUT2D eigenvalue weighted by Crippen LogP contribution is -2.52. The zero-order valence-corrected chi connectivity index (χ0v) is 12.9. The number of rotatable bonds is 6. The summed E-state index contributed by atoms with van der Waals surface area (Å²) in [6, 6.07) is 6.12. The SMILES string of the molecule is CC(C)(CNC(=O)CCc1ccc(F)cc1)N1CCOC1=O. The zero-order valence-electron chi connectivity index (χ0n) is 12.9. The number of benzene rings is 1. The van der Waals surface area contributed by atoms with Crippen molar-refractivity contribution in [3.05, 3.63) is 35.6 Å². The predicted molar refractivity (Wildman–Crippen MR) is 79.9 cm³/mol. The number of hydrogen-bond acceptors (Lipinski definition) is 3. The van der Waals surface area contributed by atoms with Crippen molar-refractivity contribution in [2.24, 2.45) is 0 Å². The molecule has 1 aliphatic heterocycles. The van der Waals surface area contributed by atoms with Gasteiger partial charge in [0, 0.05) is 13.0 Å². The zero-order chi connectivity index (χ0) is 16.2. The largest absolute Gasteiger partial charge is 0.448 e. The van der Waals surface area contributed by atoms with Crippen molar-refractivity contribution in [3.63, 3.8) is 0 Å². The van der Waals surface area contributed by atoms with Crippen LogP contribution in [0.1, 0.15) is 25.8 Å². The van der Waals surface area contributed by atoms with Gasteiger partial charge in [0.05, 0.1) is 12.1 Å². The molecule has 0 aromatic heterocycles. The predicted octanol–water partition coefficient (Wildman–Crippen LogP) is 2.11. The minimum absolute atomic E-state index is 0.0926. The lowest BCUT2D eigenvalue weighted by Gasteiger charge is -2.33. The molecule has 2 amide bonds. The molecule has 0 bridgehead atoms. The summed E-state index contributed by atoms with van der Waals surface area (Å²) >= 11 is 0. The first kappa shape index (κ1) is 16.3. The van der Waals surface area contributed by atoms with E-state index in [1.807, 2.05) is 13.8 Å². The number of nitrogens with one attached hydrogen (secondary N) is 1. The van der Waals surface area contributed by atoms with Crippen LogP contribution in [-0.2, 0) is 16.0 Å². The lowest BCUT2D eigenvalue weighted by molar-refractivity contribution is -0.121. The van der Waals surface area contributed by atoms with E-state index in [1.165, 1.54) is 12.1 Å². The average molecular weight is 308 g/mol. The van der Waals surface area contributed by atoms with Crippen molar-refractivity contribution in [2.75, 3.05) is 19.7 Å². The maximum atomic E-state index is 12.8. The second-order valence-corrected chi connectivity index (χ2v) is 5.98. The molecule has 1 saturated heterocycles. The third-order valence-electron chi connectivity index (χ3n) is 3.76. The summed E-state index contributed by atoms with van der Waals surface area (Å²) in [4.78, 5) is 25.1. The van der Waals surface area contributed by atoms with E-state index in [-0.39, 0.29) is 17.8 Å². The number of carbonyl (C=O) groups is 2. The van der Waals surface area contributed by atoms with E-state index in [1.54, 1.807) is 17.0 Å². The van der Waals surface area contributed by atoms with Crippen LogP contribution in [0.5, 0.6) is 0 Å². The fraction of sp³-hybridized carbons (Fsp3) is 0.500. The van der Waals surface area contributed by atoms with Gasteiger partial charge in [0.1, 0.15) is 12.4 Å². The maximum Gasteiger partial charge on any atom is 0.410 e. The number of amides is 2. The second-order valence-electron chi connectivity index (χ2n) is 5.98. The van der Waals surface area contributed by atoms with Gasteiger partial charge in [-0.05, 0) is 38.0 Å². The van der Waals surface area contributed by atoms with Crippen molar-refractivity contribution in [1.82, 2.24) is 10.2 Å². The number of hydrogen-bond donors (Lipinski definition) is 1. The Morgan fingerprint density at radius 2 is 2.05 bits per heavy atom. The summed E-state index contributed by atoms with van der Waals surface area (Å²) < 4.78 is 17.7. The van der Waals surface area contributed by atoms with Crippen molar-refractivity contribution >= 4 is 12.0 Å². The number of aryl methyl sites for hydroxylation is 1. The quantitative estimate of drug-likeness (QED) is 0.875. The highest BCUT2D eigenvalue weighted by molar-refractivity contribution is 5.76. The minimum Gasteiger partial charge on any atom is -0.448 e. The second kappa shape index (κ2) is 6.77. The van der Waals surface area contributed by atoms with Crippen LogP contribution in [0.15, 0.2) is 24.3 Å². The fourth-order valence-corrected chi connectivity index (χ4v) is 2.35. The Kier molecular flexibility index (Phi) is 5.00. The Balaban J connectivity index is 1.77. The summed E-state index contributed by atoms with van der Waals surface area (Å²) in [7, 11) is 0. The Hall–Kier alpha value is -2.11. The number of cyclic esters (lactones) is 1. The number of nitrogens with zero attached hydrogens (tertiary/aromatic N) is 1. The molecule has 5 nitrogen and oxygen atoms in total. The molecule has 1 aromatic carbocycles. The van der Waals surface area contributed by atoms with Crippen molar-refractivity contribution in [3.8, 4) is 0 Å². The van der Waals surface area contributed by atoms with Gasteiger partial charge in [-0.1, -0.05) is 12.1 Å². The molecule has 0 atom stereocenters. The topological polar surface area (TPSA) is 58.6 Å². The van der Waals surface area contributed by atoms with E-state index in [4.69, 9.17) is 4.74 Å². The van der Waals surface area contributed by atoms with E-state index in [0.29, 0.717) is 32.5 Å². The molecular formula is C16H21FN2O3. The van der Waals surface area contributed by atoms with Crippen LogP contribution < -0.4 is 5.32 Å². The van der Waals surface area contributed by atoms with Gasteiger partial charge in [0.15, 0.2) is 0 Å². The van der Waals surface area contributed by atoms with E-state index in [2.05, 4.69) is 5.32 Å². The van der Waals surface area contributed by atoms with Gasteiger partial charge < -0.3 is 10.1 Å². The van der Waals surface area contributed by atoms with Crippen LogP contribution in [-0.4, -0.2) is 42.1 Å². The van der Waals surface area contributed by atoms with Gasteiger partial charge in [-0.25, -0.2) is 9.18 Å². The number of halogens is 1. The summed E-state index contributed by atoms with van der Waals surface area (Å²) in [5.41, 5.74) is 0.429. The van der Waals surface area contributed by atoms with E-state index in [9.17, 15) is 14.0 Å². The summed E-state index contributed by atoms with van der Waals surface area (Å²) in [6.45, 7) is 5.07. The summed E-state index contributed by atoms with van der Waals surface area (Å²) in [5.74, 6) is -0.377. The molecule has 2 rings (SSSR count). The first-order chi connectivity index (χ1) is 10.4. The normalized spacial score (nSPS) is 14.9. The van der Waals surface area contributed by atoms with Crippen LogP contribution in [0.3, 0.4) is 0 Å². The van der Waals surface area contributed by atoms with Crippen LogP contribution in [0, 0.1) is 5.82 Å². The third-order valence-corrected chi connectivity index (χ3v) is 3.76. The van der Waals surface area contributed by atoms with Crippen LogP contribution >= 0.6 is 0 Å². The Morgan fingerprint density at radius 3 is 2.64 bits per heavy atom. The van der Waals surface area contributed by atoms with E-state index in [0.717, 1.165) is 5.56 Å². The van der Waals surface area contributed by atoms with Gasteiger partial charge in [-0.3, -0.25) is 9.69 Å². The molecular weight excluding hydrogens is 287 g/mol. The van der Waals surface area contributed by atoms with Crippen molar-refractivity contribution < 1.29 is 18.7 Å². The van der Waals surface area contributed by atoms with Gasteiger partial charge >= 0.3 is 6.09 Å². The Morgan fingerprint density at radius 1 is 1.36 bits per heavy atom. The maximum absolute atomic E-state index is 12.8. The van der Waals surface area contributed by atoms with Gasteiger partial charge in [-0.15, -0.1) is 0 Å². The molecule has 1 aliphatic rings. The molecule has 0 radical (unpaired) electrons. The summed E-state index contributed by atoms with van der Waals surface area (Å²) in [6.07, 6.45) is 0.537. The van der Waals surface area contributed by atoms with Crippen LogP contribution in [0.2, 0.25) is 0 Å². The molecule has 0 unspecified atom stereocenters. The fourth-order valence-electron chi connectivity index (χ4n) is 2.35. The Bertz CT molecular complexity index is 543. The molecule has 1 N–H and O–H groups in total.